The van der Waals surface area contributed by atoms with E-state index in [1.807, 2.05) is 18.2 Å². The number of halogens is 1. The van der Waals surface area contributed by atoms with E-state index >= 15 is 0 Å². The predicted octanol–water partition coefficient (Wildman–Crippen LogP) is 3.15. The first-order chi connectivity index (χ1) is 13.3. The lowest BCUT2D eigenvalue weighted by molar-refractivity contribution is 0.100. The van der Waals surface area contributed by atoms with E-state index < -0.39 is 15.7 Å². The van der Waals surface area contributed by atoms with Crippen LogP contribution in [0.1, 0.15) is 21.5 Å². The summed E-state index contributed by atoms with van der Waals surface area (Å²) in [4.78, 5) is 16.6. The Morgan fingerprint density at radius 3 is 2.72 bits per heavy atom. The van der Waals surface area contributed by atoms with E-state index in [1.165, 1.54) is 12.3 Å². The lowest BCUT2D eigenvalue weighted by Gasteiger charge is -2.16. The molecule has 1 aromatic heterocycles. The van der Waals surface area contributed by atoms with Crippen LogP contribution in [0.2, 0.25) is 0 Å². The van der Waals surface area contributed by atoms with Crippen LogP contribution in [0.15, 0.2) is 41.4 Å². The Balaban J connectivity index is 0.00000240. The highest BCUT2D eigenvalue weighted by molar-refractivity contribution is 7.90. The zero-order chi connectivity index (χ0) is 20.1. The molecule has 2 aromatic carbocycles. The van der Waals surface area contributed by atoms with Gasteiger partial charge in [0.2, 0.25) is 0 Å². The fraction of sp³-hybridized carbons (Fsp3) is 0.200. The number of carbonyl (C=O) groups is 1. The maximum atomic E-state index is 12.1. The van der Waals surface area contributed by atoms with Crippen molar-refractivity contribution in [2.24, 2.45) is 5.73 Å². The molecule has 1 aliphatic heterocycles. The van der Waals surface area contributed by atoms with Gasteiger partial charge >= 0.3 is 0 Å². The number of pyridine rings is 1. The first-order valence-corrected chi connectivity index (χ1v) is 10.6. The SMILES string of the molecule is Cc1cc(S(C)(=O)=O)cc2c(Nc3cccc4c3CCO4)c(C(N)=O)cnc12.Cl. The van der Waals surface area contributed by atoms with Gasteiger partial charge in [0, 0.05) is 35.5 Å². The molecule has 1 amide bonds. The normalized spacial score (nSPS) is 12.8. The summed E-state index contributed by atoms with van der Waals surface area (Å²) in [5, 5.41) is 3.81. The van der Waals surface area contributed by atoms with Gasteiger partial charge in [-0.2, -0.15) is 0 Å². The molecule has 4 rings (SSSR count). The van der Waals surface area contributed by atoms with Crippen molar-refractivity contribution in [1.29, 1.82) is 0 Å². The summed E-state index contributed by atoms with van der Waals surface area (Å²) >= 11 is 0. The second-order valence-electron chi connectivity index (χ2n) is 6.83. The van der Waals surface area contributed by atoms with Gasteiger partial charge in [-0.15, -0.1) is 12.4 Å². The number of primary amides is 1. The number of hydrogen-bond donors (Lipinski definition) is 2. The number of benzene rings is 2. The Labute approximate surface area is 174 Å². The van der Waals surface area contributed by atoms with Gasteiger partial charge < -0.3 is 15.8 Å². The molecule has 3 aromatic rings. The monoisotopic (exact) mass is 433 g/mol. The molecule has 3 N–H and O–H groups in total. The van der Waals surface area contributed by atoms with Gasteiger partial charge in [0.05, 0.1) is 28.3 Å². The van der Waals surface area contributed by atoms with E-state index in [0.717, 1.165) is 29.7 Å². The van der Waals surface area contributed by atoms with E-state index in [4.69, 9.17) is 10.5 Å². The first-order valence-electron chi connectivity index (χ1n) is 8.70. The molecule has 9 heteroatoms. The van der Waals surface area contributed by atoms with Crippen LogP contribution in [0.5, 0.6) is 5.75 Å². The molecule has 2 heterocycles. The van der Waals surface area contributed by atoms with Crippen LogP contribution in [0.4, 0.5) is 11.4 Å². The molecule has 0 atom stereocenters. The number of carbonyl (C=O) groups excluding carboxylic acids is 1. The smallest absolute Gasteiger partial charge is 0.252 e. The van der Waals surface area contributed by atoms with E-state index in [-0.39, 0.29) is 22.9 Å². The van der Waals surface area contributed by atoms with Crippen molar-refractivity contribution in [3.05, 3.63) is 53.2 Å². The summed E-state index contributed by atoms with van der Waals surface area (Å²) in [6, 6.07) is 8.73. The highest BCUT2D eigenvalue weighted by atomic mass is 35.5. The molecule has 0 unspecified atom stereocenters. The third-order valence-corrected chi connectivity index (χ3v) is 5.92. The molecule has 0 radical (unpaired) electrons. The number of hydrogen-bond acceptors (Lipinski definition) is 6. The number of aromatic nitrogens is 1. The maximum Gasteiger partial charge on any atom is 0.252 e. The highest BCUT2D eigenvalue weighted by Crippen LogP contribution is 2.37. The zero-order valence-corrected chi connectivity index (χ0v) is 17.5. The summed E-state index contributed by atoms with van der Waals surface area (Å²) < 4.78 is 29.8. The average Bonchev–Trinajstić information content (AvgIpc) is 3.10. The minimum atomic E-state index is -3.44. The molecule has 0 aliphatic carbocycles. The molecule has 0 saturated carbocycles. The Kier molecular flexibility index (Phi) is 5.42. The van der Waals surface area contributed by atoms with Crippen molar-refractivity contribution in [3.8, 4) is 5.75 Å². The fourth-order valence-electron chi connectivity index (χ4n) is 3.46. The van der Waals surface area contributed by atoms with Gasteiger partial charge in [-0.1, -0.05) is 6.07 Å². The van der Waals surface area contributed by atoms with E-state index in [9.17, 15) is 13.2 Å². The molecule has 152 valence electrons. The van der Waals surface area contributed by atoms with Gasteiger partial charge in [-0.05, 0) is 36.8 Å². The van der Waals surface area contributed by atoms with Gasteiger partial charge in [0.15, 0.2) is 9.84 Å². The summed E-state index contributed by atoms with van der Waals surface area (Å²) in [6.45, 7) is 2.37. The van der Waals surface area contributed by atoms with Crippen LogP contribution in [-0.4, -0.2) is 32.2 Å². The molecular weight excluding hydrogens is 414 g/mol. The van der Waals surface area contributed by atoms with Crippen LogP contribution in [0.3, 0.4) is 0 Å². The number of nitrogens with one attached hydrogen (secondary N) is 1. The Morgan fingerprint density at radius 2 is 2.03 bits per heavy atom. The van der Waals surface area contributed by atoms with Crippen LogP contribution in [-0.2, 0) is 16.3 Å². The van der Waals surface area contributed by atoms with Gasteiger partial charge in [-0.3, -0.25) is 9.78 Å². The van der Waals surface area contributed by atoms with Crippen molar-refractivity contribution in [1.82, 2.24) is 4.98 Å². The number of fused-ring (bicyclic) bond motifs is 2. The Hall–Kier alpha value is -2.84. The summed E-state index contributed by atoms with van der Waals surface area (Å²) in [5.41, 5.74) is 9.27. The van der Waals surface area contributed by atoms with E-state index in [1.54, 1.807) is 13.0 Å². The van der Waals surface area contributed by atoms with Crippen LogP contribution in [0, 0.1) is 6.92 Å². The van der Waals surface area contributed by atoms with Crippen LogP contribution >= 0.6 is 12.4 Å². The molecule has 0 fully saturated rings. The molecule has 0 bridgehead atoms. The Bertz CT molecular complexity index is 1240. The lowest BCUT2D eigenvalue weighted by Crippen LogP contribution is -2.15. The largest absolute Gasteiger partial charge is 0.493 e. The minimum Gasteiger partial charge on any atom is -0.493 e. The van der Waals surface area contributed by atoms with Crippen LogP contribution in [0.25, 0.3) is 10.9 Å². The molecule has 0 saturated heterocycles. The summed E-state index contributed by atoms with van der Waals surface area (Å²) in [6.07, 6.45) is 3.30. The van der Waals surface area contributed by atoms with Crippen LogP contribution < -0.4 is 15.8 Å². The number of ether oxygens (including phenoxy) is 1. The number of nitrogens with two attached hydrogens (primary N) is 1. The van der Waals surface area contributed by atoms with Crippen molar-refractivity contribution in [2.45, 2.75) is 18.2 Å². The zero-order valence-electron chi connectivity index (χ0n) is 15.9. The van der Waals surface area contributed by atoms with Gasteiger partial charge in [-0.25, -0.2) is 8.42 Å². The number of amides is 1. The van der Waals surface area contributed by atoms with E-state index in [2.05, 4.69) is 10.3 Å². The Morgan fingerprint density at radius 1 is 1.28 bits per heavy atom. The van der Waals surface area contributed by atoms with Gasteiger partial charge in [0.1, 0.15) is 5.75 Å². The third-order valence-electron chi connectivity index (χ3n) is 4.83. The number of rotatable bonds is 4. The molecule has 7 nitrogen and oxygen atoms in total. The quantitative estimate of drug-likeness (QED) is 0.653. The van der Waals surface area contributed by atoms with Crippen molar-refractivity contribution < 1.29 is 17.9 Å². The minimum absolute atomic E-state index is 0. The lowest BCUT2D eigenvalue weighted by atomic mass is 10.0. The number of nitrogens with zero attached hydrogens (tertiary/aromatic N) is 1. The first kappa shape index (κ1) is 20.9. The standard InChI is InChI=1S/C20H19N3O4S.ClH/c1-11-8-12(28(2,25)26)9-14-18(11)22-10-15(20(21)24)19(14)23-16-4-3-5-17-13(16)6-7-27-17;/h3-5,8-10H,6-7H2,1-2H3,(H2,21,24)(H,22,23);1H. The van der Waals surface area contributed by atoms with Gasteiger partial charge in [0.25, 0.3) is 5.91 Å². The topological polar surface area (TPSA) is 111 Å². The number of aryl methyl sites for hydroxylation is 1. The van der Waals surface area contributed by atoms with Crippen molar-refractivity contribution in [3.63, 3.8) is 0 Å². The number of sulfone groups is 1. The highest BCUT2D eigenvalue weighted by Gasteiger charge is 2.21. The third kappa shape index (κ3) is 3.73. The molecule has 0 spiro atoms. The van der Waals surface area contributed by atoms with Crippen molar-refractivity contribution in [2.75, 3.05) is 18.2 Å². The second-order valence-corrected chi connectivity index (χ2v) is 8.84. The molecule has 1 aliphatic rings. The molecular formula is C20H20ClN3O4S. The summed E-state index contributed by atoms with van der Waals surface area (Å²) in [7, 11) is -3.44. The fourth-order valence-corrected chi connectivity index (χ4v) is 4.18. The number of anilines is 2. The summed E-state index contributed by atoms with van der Waals surface area (Å²) in [5.74, 6) is 0.139. The average molecular weight is 434 g/mol. The van der Waals surface area contributed by atoms with Crippen molar-refractivity contribution >= 4 is 50.4 Å². The second kappa shape index (κ2) is 7.53. The molecule has 29 heavy (non-hydrogen) atoms. The maximum absolute atomic E-state index is 12.1. The predicted molar refractivity (Wildman–Crippen MR) is 114 cm³/mol. The van der Waals surface area contributed by atoms with E-state index in [0.29, 0.717) is 28.8 Å².